The Morgan fingerprint density at radius 2 is 0.848 bits per heavy atom. The van der Waals surface area contributed by atoms with Gasteiger partial charge in [-0.1, -0.05) is 156 Å². The van der Waals surface area contributed by atoms with Gasteiger partial charge in [0.2, 0.25) is 0 Å². The van der Waals surface area contributed by atoms with Crippen molar-refractivity contribution < 1.29 is 9.53 Å². The molecule has 0 aromatic carbocycles. The quantitative estimate of drug-likeness (QED) is 0.0935. The summed E-state index contributed by atoms with van der Waals surface area (Å²) in [6.45, 7) is 9.54. The average molecular weight is 467 g/mol. The summed E-state index contributed by atoms with van der Waals surface area (Å²) >= 11 is 0. The molecule has 1 atom stereocenters. The molecular weight excluding hydrogens is 404 g/mol. The van der Waals surface area contributed by atoms with Crippen LogP contribution in [0.4, 0.5) is 0 Å². The molecule has 0 aromatic heterocycles. The van der Waals surface area contributed by atoms with E-state index in [1.54, 1.807) is 0 Å². The molecule has 0 N–H and O–H groups in total. The lowest BCUT2D eigenvalue weighted by molar-refractivity contribution is -0.149. The van der Waals surface area contributed by atoms with E-state index in [1.807, 2.05) is 0 Å². The van der Waals surface area contributed by atoms with Gasteiger partial charge in [0, 0.05) is 0 Å². The first kappa shape index (κ1) is 32.5. The zero-order valence-electron chi connectivity index (χ0n) is 23.4. The lowest BCUT2D eigenvalue weighted by atomic mass is 9.94. The van der Waals surface area contributed by atoms with E-state index in [-0.39, 0.29) is 11.9 Å². The van der Waals surface area contributed by atoms with Gasteiger partial charge in [0.05, 0.1) is 12.5 Å². The van der Waals surface area contributed by atoms with Crippen LogP contribution in [0.25, 0.3) is 0 Å². The third-order valence-electron chi connectivity index (χ3n) is 7.29. The standard InChI is InChI=1S/C31H62O2/c1-5-8-11-14-17-20-23-26-30(27-24-21-18-15-12-9-6-2)28-33-31(32)29(4)25-22-19-16-13-10-7-3/h29-30H,5-28H2,1-4H3. The largest absolute Gasteiger partial charge is 0.465 e. The maximum Gasteiger partial charge on any atom is 0.308 e. The smallest absolute Gasteiger partial charge is 0.308 e. The molecule has 1 unspecified atom stereocenters. The van der Waals surface area contributed by atoms with Crippen molar-refractivity contribution in [3.05, 3.63) is 0 Å². The first-order valence-corrected chi connectivity index (χ1v) is 15.3. The first-order chi connectivity index (χ1) is 16.2. The molecule has 0 saturated carbocycles. The molecule has 0 bridgehead atoms. The Morgan fingerprint density at radius 1 is 0.515 bits per heavy atom. The third-order valence-corrected chi connectivity index (χ3v) is 7.29. The SMILES string of the molecule is CCCCCCCCCC(CCCCCCCCC)COC(=O)C(C)CCCCCCCC. The van der Waals surface area contributed by atoms with Crippen molar-refractivity contribution in [3.8, 4) is 0 Å². The lowest BCUT2D eigenvalue weighted by Gasteiger charge is -2.19. The Hall–Kier alpha value is -0.530. The summed E-state index contributed by atoms with van der Waals surface area (Å²) in [5, 5.41) is 0. The summed E-state index contributed by atoms with van der Waals surface area (Å²) < 4.78 is 5.84. The van der Waals surface area contributed by atoms with Crippen molar-refractivity contribution in [1.82, 2.24) is 0 Å². The molecule has 33 heavy (non-hydrogen) atoms. The third kappa shape index (κ3) is 23.0. The van der Waals surface area contributed by atoms with Crippen molar-refractivity contribution in [2.24, 2.45) is 11.8 Å². The summed E-state index contributed by atoms with van der Waals surface area (Å²) in [6.07, 6.45) is 30.2. The molecule has 2 nitrogen and oxygen atoms in total. The van der Waals surface area contributed by atoms with Gasteiger partial charge in [0.15, 0.2) is 0 Å². The Balaban J connectivity index is 4.14. The van der Waals surface area contributed by atoms with E-state index in [0.717, 1.165) is 6.42 Å². The molecular formula is C31H62O2. The molecule has 2 heteroatoms. The highest BCUT2D eigenvalue weighted by atomic mass is 16.5. The van der Waals surface area contributed by atoms with Gasteiger partial charge in [-0.15, -0.1) is 0 Å². The predicted molar refractivity (Wildman–Crippen MR) is 147 cm³/mol. The molecule has 0 aliphatic heterocycles. The fourth-order valence-electron chi connectivity index (χ4n) is 4.78. The van der Waals surface area contributed by atoms with Gasteiger partial charge in [0.25, 0.3) is 0 Å². The Bertz CT molecular complexity index is 374. The van der Waals surface area contributed by atoms with Gasteiger partial charge < -0.3 is 4.74 Å². The molecule has 0 radical (unpaired) electrons. The highest BCUT2D eigenvalue weighted by Gasteiger charge is 2.17. The minimum Gasteiger partial charge on any atom is -0.465 e. The second-order valence-corrected chi connectivity index (χ2v) is 10.8. The Morgan fingerprint density at radius 3 is 1.24 bits per heavy atom. The number of ether oxygens (including phenoxy) is 1. The number of esters is 1. The molecule has 0 aromatic rings. The van der Waals surface area contributed by atoms with Crippen LogP contribution in [0.3, 0.4) is 0 Å². The van der Waals surface area contributed by atoms with Gasteiger partial charge in [0.1, 0.15) is 0 Å². The van der Waals surface area contributed by atoms with Gasteiger partial charge in [-0.05, 0) is 25.2 Å². The normalized spacial score (nSPS) is 12.4. The highest BCUT2D eigenvalue weighted by Crippen LogP contribution is 2.21. The van der Waals surface area contributed by atoms with Gasteiger partial charge in [-0.3, -0.25) is 4.79 Å². The van der Waals surface area contributed by atoms with Crippen LogP contribution in [0, 0.1) is 11.8 Å². The minimum absolute atomic E-state index is 0.0488. The van der Waals surface area contributed by atoms with Crippen molar-refractivity contribution in [2.75, 3.05) is 6.61 Å². The van der Waals surface area contributed by atoms with E-state index >= 15 is 0 Å². The number of rotatable bonds is 26. The molecule has 0 aliphatic rings. The van der Waals surface area contributed by atoms with Crippen molar-refractivity contribution >= 4 is 5.97 Å². The van der Waals surface area contributed by atoms with E-state index in [1.165, 1.54) is 141 Å². The minimum atomic E-state index is 0.0488. The van der Waals surface area contributed by atoms with E-state index in [0.29, 0.717) is 12.5 Å². The Kier molecular flexibility index (Phi) is 25.7. The van der Waals surface area contributed by atoms with Gasteiger partial charge in [-0.25, -0.2) is 0 Å². The molecule has 0 amide bonds. The maximum absolute atomic E-state index is 12.5. The van der Waals surface area contributed by atoms with E-state index in [2.05, 4.69) is 27.7 Å². The fraction of sp³-hybridized carbons (Fsp3) is 0.968. The summed E-state index contributed by atoms with van der Waals surface area (Å²) in [5.74, 6) is 0.683. The van der Waals surface area contributed by atoms with E-state index in [9.17, 15) is 4.79 Å². The van der Waals surface area contributed by atoms with Gasteiger partial charge in [-0.2, -0.15) is 0 Å². The summed E-state index contributed by atoms with van der Waals surface area (Å²) in [7, 11) is 0. The predicted octanol–water partition coefficient (Wildman–Crippen LogP) is 10.8. The lowest BCUT2D eigenvalue weighted by Crippen LogP contribution is -2.20. The average Bonchev–Trinajstić information content (AvgIpc) is 2.82. The van der Waals surface area contributed by atoms with E-state index in [4.69, 9.17) is 4.74 Å². The van der Waals surface area contributed by atoms with E-state index < -0.39 is 0 Å². The summed E-state index contributed by atoms with van der Waals surface area (Å²) in [4.78, 5) is 12.5. The molecule has 0 heterocycles. The zero-order chi connectivity index (χ0) is 24.4. The first-order valence-electron chi connectivity index (χ1n) is 15.3. The zero-order valence-corrected chi connectivity index (χ0v) is 23.4. The monoisotopic (exact) mass is 466 g/mol. The van der Waals surface area contributed by atoms with Crippen LogP contribution in [0.1, 0.15) is 175 Å². The number of unbranched alkanes of at least 4 members (excludes halogenated alkanes) is 17. The molecule has 0 rings (SSSR count). The number of carbonyl (C=O) groups is 1. The molecule has 0 fully saturated rings. The topological polar surface area (TPSA) is 26.3 Å². The number of hydrogen-bond donors (Lipinski definition) is 0. The van der Waals surface area contributed by atoms with Crippen LogP contribution >= 0.6 is 0 Å². The van der Waals surface area contributed by atoms with Crippen LogP contribution < -0.4 is 0 Å². The van der Waals surface area contributed by atoms with Gasteiger partial charge >= 0.3 is 5.97 Å². The van der Waals surface area contributed by atoms with Crippen LogP contribution in [-0.2, 0) is 9.53 Å². The van der Waals surface area contributed by atoms with Crippen molar-refractivity contribution in [2.45, 2.75) is 175 Å². The Labute approximate surface area is 209 Å². The van der Waals surface area contributed by atoms with Crippen molar-refractivity contribution in [3.63, 3.8) is 0 Å². The number of carbonyl (C=O) groups excluding carboxylic acids is 1. The second-order valence-electron chi connectivity index (χ2n) is 10.8. The van der Waals surface area contributed by atoms with Crippen LogP contribution in [0.15, 0.2) is 0 Å². The molecule has 0 spiro atoms. The van der Waals surface area contributed by atoms with Crippen molar-refractivity contribution in [1.29, 1.82) is 0 Å². The molecule has 0 aliphatic carbocycles. The summed E-state index contributed by atoms with van der Waals surface area (Å²) in [5.41, 5.74) is 0. The molecule has 0 saturated heterocycles. The summed E-state index contributed by atoms with van der Waals surface area (Å²) in [6, 6.07) is 0. The number of hydrogen-bond acceptors (Lipinski definition) is 2. The van der Waals surface area contributed by atoms with Crippen LogP contribution in [0.2, 0.25) is 0 Å². The second kappa shape index (κ2) is 26.1. The fourth-order valence-corrected chi connectivity index (χ4v) is 4.78. The molecule has 198 valence electrons. The highest BCUT2D eigenvalue weighted by molar-refractivity contribution is 5.71. The van der Waals surface area contributed by atoms with Crippen LogP contribution in [0.5, 0.6) is 0 Å². The maximum atomic E-state index is 12.5. The van der Waals surface area contributed by atoms with Crippen LogP contribution in [-0.4, -0.2) is 12.6 Å².